The number of aromatic nitrogens is 1. The van der Waals surface area contributed by atoms with Crippen LogP contribution in [-0.2, 0) is 0 Å². The lowest BCUT2D eigenvalue weighted by atomic mass is 10.2. The average Bonchev–Trinajstić information content (AvgIpc) is 2.40. The van der Waals surface area contributed by atoms with Gasteiger partial charge in [-0.1, -0.05) is 23.2 Å². The molecule has 0 aliphatic carbocycles. The quantitative estimate of drug-likeness (QED) is 0.520. The number of nitrogens with zero attached hydrogens (tertiary/aromatic N) is 2. The second-order valence-electron chi connectivity index (χ2n) is 3.80. The van der Waals surface area contributed by atoms with Crippen molar-refractivity contribution in [2.24, 2.45) is 0 Å². The molecular formula is C12H6Cl2N2O5. The van der Waals surface area contributed by atoms with Gasteiger partial charge in [0.05, 0.1) is 15.5 Å². The number of hydrogen-bond acceptors (Lipinski definition) is 5. The molecule has 9 heteroatoms. The van der Waals surface area contributed by atoms with E-state index in [0.717, 1.165) is 18.2 Å². The summed E-state index contributed by atoms with van der Waals surface area (Å²) in [5, 5.41) is 19.4. The predicted molar refractivity (Wildman–Crippen MR) is 74.4 cm³/mol. The summed E-state index contributed by atoms with van der Waals surface area (Å²) in [4.78, 5) is 24.7. The Balaban J connectivity index is 2.34. The second kappa shape index (κ2) is 5.94. The van der Waals surface area contributed by atoms with E-state index in [-0.39, 0.29) is 33.1 Å². The summed E-state index contributed by atoms with van der Waals surface area (Å²) in [6, 6.07) is 5.91. The lowest BCUT2D eigenvalue weighted by molar-refractivity contribution is -0.384. The summed E-state index contributed by atoms with van der Waals surface area (Å²) in [5.41, 5.74) is -0.305. The summed E-state index contributed by atoms with van der Waals surface area (Å²) in [6.07, 6.45) is 0. The number of halogens is 2. The van der Waals surface area contributed by atoms with Gasteiger partial charge in [-0.3, -0.25) is 10.1 Å². The third kappa shape index (κ3) is 3.59. The first-order valence-corrected chi connectivity index (χ1v) is 6.15. The number of nitro groups is 1. The molecule has 21 heavy (non-hydrogen) atoms. The van der Waals surface area contributed by atoms with Crippen LogP contribution in [0.5, 0.6) is 11.6 Å². The molecule has 1 N–H and O–H groups in total. The molecule has 7 nitrogen and oxygen atoms in total. The van der Waals surface area contributed by atoms with E-state index in [2.05, 4.69) is 4.98 Å². The Bertz CT molecular complexity index is 736. The Labute approximate surface area is 127 Å². The number of benzene rings is 1. The Hall–Kier alpha value is -2.38. The van der Waals surface area contributed by atoms with Gasteiger partial charge in [0.25, 0.3) is 5.69 Å². The zero-order valence-corrected chi connectivity index (χ0v) is 11.6. The number of carboxylic acids is 1. The molecule has 0 amide bonds. The van der Waals surface area contributed by atoms with E-state index >= 15 is 0 Å². The van der Waals surface area contributed by atoms with Gasteiger partial charge in [-0.05, 0) is 12.1 Å². The van der Waals surface area contributed by atoms with Crippen molar-refractivity contribution in [2.45, 2.75) is 0 Å². The topological polar surface area (TPSA) is 103 Å². The first-order valence-electron chi connectivity index (χ1n) is 5.39. The number of hydrogen-bond donors (Lipinski definition) is 1. The fourth-order valence-electron chi connectivity index (χ4n) is 1.45. The van der Waals surface area contributed by atoms with Gasteiger partial charge in [0, 0.05) is 18.2 Å². The van der Waals surface area contributed by atoms with Crippen LogP contribution in [0.25, 0.3) is 0 Å². The lowest BCUT2D eigenvalue weighted by Crippen LogP contribution is -1.99. The van der Waals surface area contributed by atoms with Crippen molar-refractivity contribution in [2.75, 3.05) is 0 Å². The molecule has 2 aromatic rings. The summed E-state index contributed by atoms with van der Waals surface area (Å²) in [5.74, 6) is -1.19. The van der Waals surface area contributed by atoms with Gasteiger partial charge >= 0.3 is 5.97 Å². The van der Waals surface area contributed by atoms with Crippen molar-refractivity contribution in [3.63, 3.8) is 0 Å². The molecule has 0 saturated heterocycles. The normalized spacial score (nSPS) is 10.2. The van der Waals surface area contributed by atoms with Crippen LogP contribution in [-0.4, -0.2) is 21.0 Å². The molecule has 0 aliphatic heterocycles. The number of non-ortho nitro benzene ring substituents is 1. The minimum Gasteiger partial charge on any atom is -0.478 e. The molecule has 0 aliphatic rings. The maximum atomic E-state index is 10.9. The molecule has 0 bridgehead atoms. The standard InChI is InChI=1S/C12H6Cl2N2O5/c13-8-5-7(16(19)20)1-2-9(8)21-11-4-6(12(17)18)3-10(14)15-11/h1-5H,(H,17,18). The van der Waals surface area contributed by atoms with Gasteiger partial charge in [-0.15, -0.1) is 0 Å². The molecule has 2 rings (SSSR count). The molecule has 0 radical (unpaired) electrons. The molecule has 0 saturated carbocycles. The number of ether oxygens (including phenoxy) is 1. The summed E-state index contributed by atoms with van der Waals surface area (Å²) >= 11 is 11.5. The number of pyridine rings is 1. The Morgan fingerprint density at radius 1 is 1.29 bits per heavy atom. The van der Waals surface area contributed by atoms with Gasteiger partial charge in [0.15, 0.2) is 0 Å². The smallest absolute Gasteiger partial charge is 0.335 e. The summed E-state index contributed by atoms with van der Waals surface area (Å²) in [6.45, 7) is 0. The maximum Gasteiger partial charge on any atom is 0.335 e. The maximum absolute atomic E-state index is 10.9. The van der Waals surface area contributed by atoms with Crippen molar-refractivity contribution in [3.8, 4) is 11.6 Å². The van der Waals surface area contributed by atoms with Crippen LogP contribution in [0, 0.1) is 10.1 Å². The van der Waals surface area contributed by atoms with Crippen molar-refractivity contribution in [1.82, 2.24) is 4.98 Å². The zero-order valence-electron chi connectivity index (χ0n) is 10.1. The van der Waals surface area contributed by atoms with Gasteiger partial charge in [0.2, 0.25) is 5.88 Å². The van der Waals surface area contributed by atoms with E-state index in [1.807, 2.05) is 0 Å². The Morgan fingerprint density at radius 2 is 2.00 bits per heavy atom. The Morgan fingerprint density at radius 3 is 2.57 bits per heavy atom. The molecule has 1 heterocycles. The molecular weight excluding hydrogens is 323 g/mol. The largest absolute Gasteiger partial charge is 0.478 e. The zero-order chi connectivity index (χ0) is 15.6. The number of carbonyl (C=O) groups is 1. The van der Waals surface area contributed by atoms with Crippen LogP contribution in [0.1, 0.15) is 10.4 Å². The molecule has 0 atom stereocenters. The van der Waals surface area contributed by atoms with E-state index < -0.39 is 10.9 Å². The van der Waals surface area contributed by atoms with E-state index in [0.29, 0.717) is 0 Å². The van der Waals surface area contributed by atoms with Crippen LogP contribution >= 0.6 is 23.2 Å². The number of aromatic carboxylic acids is 1. The first-order chi connectivity index (χ1) is 9.86. The highest BCUT2D eigenvalue weighted by atomic mass is 35.5. The molecule has 0 fully saturated rings. The fraction of sp³-hybridized carbons (Fsp3) is 0. The SMILES string of the molecule is O=C(O)c1cc(Cl)nc(Oc2ccc([N+](=O)[O-])cc2Cl)c1. The minimum absolute atomic E-state index is 0.0112. The molecule has 0 unspecified atom stereocenters. The van der Waals surface area contributed by atoms with Crippen LogP contribution in [0.3, 0.4) is 0 Å². The average molecular weight is 329 g/mol. The third-order valence-electron chi connectivity index (χ3n) is 2.36. The van der Waals surface area contributed by atoms with Crippen LogP contribution < -0.4 is 4.74 Å². The summed E-state index contributed by atoms with van der Waals surface area (Å²) < 4.78 is 5.30. The minimum atomic E-state index is -1.20. The van der Waals surface area contributed by atoms with E-state index in [9.17, 15) is 14.9 Å². The highest BCUT2D eigenvalue weighted by Gasteiger charge is 2.13. The molecule has 1 aromatic heterocycles. The number of carboxylic acid groups (broad SMARTS) is 1. The molecule has 1 aromatic carbocycles. The van der Waals surface area contributed by atoms with Crippen molar-refractivity contribution >= 4 is 34.9 Å². The number of nitro benzene ring substituents is 1. The van der Waals surface area contributed by atoms with Crippen LogP contribution in [0.2, 0.25) is 10.2 Å². The summed E-state index contributed by atoms with van der Waals surface area (Å²) in [7, 11) is 0. The van der Waals surface area contributed by atoms with Crippen molar-refractivity contribution < 1.29 is 19.6 Å². The molecule has 0 spiro atoms. The lowest BCUT2D eigenvalue weighted by Gasteiger charge is -2.07. The molecule has 108 valence electrons. The van der Waals surface area contributed by atoms with E-state index in [1.54, 1.807) is 0 Å². The Kier molecular flexibility index (Phi) is 4.25. The monoisotopic (exact) mass is 328 g/mol. The predicted octanol–water partition coefficient (Wildman–Crippen LogP) is 3.79. The second-order valence-corrected chi connectivity index (χ2v) is 4.59. The number of rotatable bonds is 4. The third-order valence-corrected chi connectivity index (χ3v) is 2.85. The van der Waals surface area contributed by atoms with Crippen molar-refractivity contribution in [1.29, 1.82) is 0 Å². The van der Waals surface area contributed by atoms with E-state index in [1.165, 1.54) is 12.1 Å². The highest BCUT2D eigenvalue weighted by molar-refractivity contribution is 6.32. The van der Waals surface area contributed by atoms with Crippen LogP contribution in [0.15, 0.2) is 30.3 Å². The van der Waals surface area contributed by atoms with Gasteiger partial charge in [0.1, 0.15) is 10.9 Å². The van der Waals surface area contributed by atoms with E-state index in [4.69, 9.17) is 33.0 Å². The van der Waals surface area contributed by atoms with Gasteiger partial charge in [-0.2, -0.15) is 0 Å². The van der Waals surface area contributed by atoms with Gasteiger partial charge < -0.3 is 9.84 Å². The first kappa shape index (κ1) is 15.0. The van der Waals surface area contributed by atoms with Crippen molar-refractivity contribution in [3.05, 3.63) is 56.2 Å². The highest BCUT2D eigenvalue weighted by Crippen LogP contribution is 2.32. The van der Waals surface area contributed by atoms with Gasteiger partial charge in [-0.25, -0.2) is 9.78 Å². The fourth-order valence-corrected chi connectivity index (χ4v) is 1.86. The van der Waals surface area contributed by atoms with Crippen LogP contribution in [0.4, 0.5) is 5.69 Å².